The third-order valence-corrected chi connectivity index (χ3v) is 4.35. The van der Waals surface area contributed by atoms with Crippen molar-refractivity contribution < 1.29 is 0 Å². The Labute approximate surface area is 101 Å². The molecule has 0 saturated heterocycles. The standard InChI is InChI=1S/C14H28N2/c1-4-15-13-9-6-11(3)10-14(13)16(5-2)12-7-8-12/h11-15H,4-10H2,1-3H3. The van der Waals surface area contributed by atoms with Gasteiger partial charge in [0.15, 0.2) is 0 Å². The molecule has 2 fully saturated rings. The molecule has 2 rings (SSSR count). The first-order valence-electron chi connectivity index (χ1n) is 7.25. The Morgan fingerprint density at radius 3 is 2.44 bits per heavy atom. The zero-order valence-corrected chi connectivity index (χ0v) is 11.2. The van der Waals surface area contributed by atoms with E-state index >= 15 is 0 Å². The summed E-state index contributed by atoms with van der Waals surface area (Å²) in [6.07, 6.45) is 7.08. The van der Waals surface area contributed by atoms with E-state index < -0.39 is 0 Å². The second-order valence-corrected chi connectivity index (χ2v) is 5.71. The molecule has 3 atom stereocenters. The van der Waals surface area contributed by atoms with Gasteiger partial charge in [0.05, 0.1) is 0 Å². The largest absolute Gasteiger partial charge is 0.313 e. The summed E-state index contributed by atoms with van der Waals surface area (Å²) < 4.78 is 0. The lowest BCUT2D eigenvalue weighted by molar-refractivity contribution is 0.0995. The van der Waals surface area contributed by atoms with Crippen LogP contribution in [-0.2, 0) is 0 Å². The molecule has 2 saturated carbocycles. The van der Waals surface area contributed by atoms with Gasteiger partial charge in [-0.2, -0.15) is 0 Å². The SMILES string of the molecule is CCNC1CCC(C)CC1N(CC)C1CC1. The van der Waals surface area contributed by atoms with Gasteiger partial charge in [-0.25, -0.2) is 0 Å². The van der Waals surface area contributed by atoms with E-state index in [-0.39, 0.29) is 0 Å². The zero-order chi connectivity index (χ0) is 11.5. The molecule has 1 N–H and O–H groups in total. The van der Waals surface area contributed by atoms with E-state index in [0.29, 0.717) is 0 Å². The quantitative estimate of drug-likeness (QED) is 0.772. The Morgan fingerprint density at radius 1 is 1.12 bits per heavy atom. The highest BCUT2D eigenvalue weighted by Crippen LogP contribution is 2.35. The van der Waals surface area contributed by atoms with Crippen molar-refractivity contribution in [3.63, 3.8) is 0 Å². The Bertz CT molecular complexity index is 213. The summed E-state index contributed by atoms with van der Waals surface area (Å²) in [6.45, 7) is 9.36. The van der Waals surface area contributed by atoms with Gasteiger partial charge < -0.3 is 5.32 Å². The van der Waals surface area contributed by atoms with Crippen LogP contribution < -0.4 is 5.32 Å². The first kappa shape index (κ1) is 12.4. The lowest BCUT2D eigenvalue weighted by Crippen LogP contribution is -2.53. The lowest BCUT2D eigenvalue weighted by atomic mass is 9.82. The van der Waals surface area contributed by atoms with Crippen molar-refractivity contribution >= 4 is 0 Å². The van der Waals surface area contributed by atoms with Crippen LogP contribution in [0.15, 0.2) is 0 Å². The monoisotopic (exact) mass is 224 g/mol. The molecule has 94 valence electrons. The Morgan fingerprint density at radius 2 is 1.88 bits per heavy atom. The molecule has 0 amide bonds. The summed E-state index contributed by atoms with van der Waals surface area (Å²) >= 11 is 0. The Kier molecular flexibility index (Phi) is 4.26. The molecule has 2 heteroatoms. The minimum Gasteiger partial charge on any atom is -0.313 e. The summed E-state index contributed by atoms with van der Waals surface area (Å²) in [7, 11) is 0. The fraction of sp³-hybridized carbons (Fsp3) is 1.00. The van der Waals surface area contributed by atoms with E-state index in [1.54, 1.807) is 0 Å². The molecule has 2 aliphatic carbocycles. The first-order valence-corrected chi connectivity index (χ1v) is 7.25. The van der Waals surface area contributed by atoms with Crippen molar-refractivity contribution in [2.75, 3.05) is 13.1 Å². The zero-order valence-electron chi connectivity index (χ0n) is 11.2. The molecular formula is C14H28N2. The summed E-state index contributed by atoms with van der Waals surface area (Å²) in [6, 6.07) is 2.48. The average Bonchev–Trinajstić information content (AvgIpc) is 3.07. The molecule has 0 aromatic heterocycles. The third kappa shape index (κ3) is 2.78. The number of nitrogens with zero attached hydrogens (tertiary/aromatic N) is 1. The van der Waals surface area contributed by atoms with Crippen molar-refractivity contribution in [1.29, 1.82) is 0 Å². The Balaban J connectivity index is 1.99. The molecule has 16 heavy (non-hydrogen) atoms. The van der Waals surface area contributed by atoms with Gasteiger partial charge in [-0.05, 0) is 51.1 Å². The Hall–Kier alpha value is -0.0800. The van der Waals surface area contributed by atoms with Gasteiger partial charge in [0.1, 0.15) is 0 Å². The maximum Gasteiger partial charge on any atom is 0.0254 e. The van der Waals surface area contributed by atoms with E-state index in [1.165, 1.54) is 38.6 Å². The molecule has 2 nitrogen and oxygen atoms in total. The number of hydrogen-bond acceptors (Lipinski definition) is 2. The van der Waals surface area contributed by atoms with Gasteiger partial charge in [-0.1, -0.05) is 20.8 Å². The van der Waals surface area contributed by atoms with Crippen LogP contribution in [0.4, 0.5) is 0 Å². The van der Waals surface area contributed by atoms with Crippen LogP contribution >= 0.6 is 0 Å². The van der Waals surface area contributed by atoms with Gasteiger partial charge in [-0.15, -0.1) is 0 Å². The maximum absolute atomic E-state index is 3.71. The van der Waals surface area contributed by atoms with Gasteiger partial charge >= 0.3 is 0 Å². The molecule has 0 aromatic rings. The van der Waals surface area contributed by atoms with Crippen LogP contribution in [0.1, 0.15) is 52.9 Å². The van der Waals surface area contributed by atoms with Gasteiger partial charge in [-0.3, -0.25) is 4.90 Å². The van der Waals surface area contributed by atoms with Crippen LogP contribution in [0.5, 0.6) is 0 Å². The first-order chi connectivity index (χ1) is 7.76. The maximum atomic E-state index is 3.71. The number of likely N-dealkylation sites (N-methyl/N-ethyl adjacent to an activating group) is 2. The predicted molar refractivity (Wildman–Crippen MR) is 69.7 cm³/mol. The third-order valence-electron chi connectivity index (χ3n) is 4.35. The molecule has 0 spiro atoms. The molecule has 0 aromatic carbocycles. The molecule has 0 radical (unpaired) electrons. The van der Waals surface area contributed by atoms with Gasteiger partial charge in [0, 0.05) is 18.1 Å². The van der Waals surface area contributed by atoms with Gasteiger partial charge in [0.25, 0.3) is 0 Å². The minimum atomic E-state index is 0.752. The average molecular weight is 224 g/mol. The second-order valence-electron chi connectivity index (χ2n) is 5.71. The number of rotatable bonds is 5. The highest BCUT2D eigenvalue weighted by Gasteiger charge is 2.38. The van der Waals surface area contributed by atoms with E-state index in [1.807, 2.05) is 0 Å². The highest BCUT2D eigenvalue weighted by molar-refractivity contribution is 4.96. The topological polar surface area (TPSA) is 15.3 Å². The minimum absolute atomic E-state index is 0.752. The highest BCUT2D eigenvalue weighted by atomic mass is 15.2. The molecule has 0 heterocycles. The van der Waals surface area contributed by atoms with Crippen molar-refractivity contribution in [3.8, 4) is 0 Å². The second kappa shape index (κ2) is 5.50. The summed E-state index contributed by atoms with van der Waals surface area (Å²) in [5, 5.41) is 3.71. The fourth-order valence-electron chi connectivity index (χ4n) is 3.39. The summed E-state index contributed by atoms with van der Waals surface area (Å²) in [4.78, 5) is 2.78. The normalized spacial score (nSPS) is 35.6. The summed E-state index contributed by atoms with van der Waals surface area (Å²) in [5.74, 6) is 0.924. The molecule has 0 aliphatic heterocycles. The van der Waals surface area contributed by atoms with Gasteiger partial charge in [0.2, 0.25) is 0 Å². The number of nitrogens with one attached hydrogen (secondary N) is 1. The molecule has 2 aliphatic rings. The fourth-order valence-corrected chi connectivity index (χ4v) is 3.39. The van der Waals surface area contributed by atoms with E-state index in [0.717, 1.165) is 30.6 Å². The molecule has 0 bridgehead atoms. The lowest BCUT2D eigenvalue weighted by Gasteiger charge is -2.42. The van der Waals surface area contributed by atoms with Crippen LogP contribution in [0.25, 0.3) is 0 Å². The van der Waals surface area contributed by atoms with Crippen LogP contribution in [0, 0.1) is 5.92 Å². The smallest absolute Gasteiger partial charge is 0.0254 e. The van der Waals surface area contributed by atoms with E-state index in [2.05, 4.69) is 31.0 Å². The molecular weight excluding hydrogens is 196 g/mol. The molecule has 3 unspecified atom stereocenters. The predicted octanol–water partition coefficient (Wildman–Crippen LogP) is 2.64. The van der Waals surface area contributed by atoms with Crippen molar-refractivity contribution in [1.82, 2.24) is 10.2 Å². The van der Waals surface area contributed by atoms with Crippen LogP contribution in [0.2, 0.25) is 0 Å². The number of hydrogen-bond donors (Lipinski definition) is 1. The van der Waals surface area contributed by atoms with Crippen LogP contribution in [-0.4, -0.2) is 36.1 Å². The summed E-state index contributed by atoms with van der Waals surface area (Å²) in [5.41, 5.74) is 0. The van der Waals surface area contributed by atoms with E-state index in [9.17, 15) is 0 Å². The van der Waals surface area contributed by atoms with Crippen molar-refractivity contribution in [2.45, 2.75) is 71.0 Å². The van der Waals surface area contributed by atoms with Crippen molar-refractivity contribution in [2.24, 2.45) is 5.92 Å². The van der Waals surface area contributed by atoms with E-state index in [4.69, 9.17) is 0 Å². The van der Waals surface area contributed by atoms with Crippen LogP contribution in [0.3, 0.4) is 0 Å². The van der Waals surface area contributed by atoms with Crippen molar-refractivity contribution in [3.05, 3.63) is 0 Å².